The Morgan fingerprint density at radius 3 is 2.46 bits per heavy atom. The molecule has 0 saturated heterocycles. The number of carbonyl (C=O) groups excluding carboxylic acids is 3. The first-order chi connectivity index (χ1) is 13.6. The van der Waals surface area contributed by atoms with Gasteiger partial charge in [0.15, 0.2) is 0 Å². The minimum atomic E-state index is -0.396. The second-order valence-corrected chi connectivity index (χ2v) is 7.51. The van der Waals surface area contributed by atoms with E-state index in [1.54, 1.807) is 36.4 Å². The van der Waals surface area contributed by atoms with E-state index in [4.69, 9.17) is 0 Å². The number of thioether (sulfide) groups is 1. The molecule has 2 amide bonds. The molecule has 7 heteroatoms. The molecular weight excluding hydrogens is 376 g/mol. The SMILES string of the molecule is COC(=O)c1ccc(CNC(=O)c2ccccc2SCC(=O)NC2CC2)cc1. The van der Waals surface area contributed by atoms with Crippen LogP contribution in [0.1, 0.15) is 39.1 Å². The van der Waals surface area contributed by atoms with E-state index < -0.39 is 5.97 Å². The van der Waals surface area contributed by atoms with Gasteiger partial charge in [0.2, 0.25) is 5.91 Å². The van der Waals surface area contributed by atoms with Crippen molar-refractivity contribution >= 4 is 29.5 Å². The van der Waals surface area contributed by atoms with Crippen molar-refractivity contribution in [2.75, 3.05) is 12.9 Å². The lowest BCUT2D eigenvalue weighted by atomic mass is 10.1. The van der Waals surface area contributed by atoms with E-state index in [9.17, 15) is 14.4 Å². The molecule has 0 unspecified atom stereocenters. The molecule has 0 bridgehead atoms. The summed E-state index contributed by atoms with van der Waals surface area (Å²) in [5.41, 5.74) is 1.87. The van der Waals surface area contributed by atoms with Crippen LogP contribution in [0, 0.1) is 0 Å². The van der Waals surface area contributed by atoms with Crippen molar-refractivity contribution in [1.29, 1.82) is 0 Å². The number of esters is 1. The lowest BCUT2D eigenvalue weighted by molar-refractivity contribution is -0.118. The Morgan fingerprint density at radius 1 is 1.07 bits per heavy atom. The van der Waals surface area contributed by atoms with Crippen molar-refractivity contribution < 1.29 is 19.1 Å². The van der Waals surface area contributed by atoms with Crippen molar-refractivity contribution in [1.82, 2.24) is 10.6 Å². The molecule has 3 rings (SSSR count). The summed E-state index contributed by atoms with van der Waals surface area (Å²) in [7, 11) is 1.33. The average molecular weight is 398 g/mol. The van der Waals surface area contributed by atoms with Crippen LogP contribution in [0.4, 0.5) is 0 Å². The van der Waals surface area contributed by atoms with Gasteiger partial charge < -0.3 is 15.4 Å². The number of methoxy groups -OCH3 is 1. The first-order valence-corrected chi connectivity index (χ1v) is 10.0. The fraction of sp³-hybridized carbons (Fsp3) is 0.286. The average Bonchev–Trinajstić information content (AvgIpc) is 3.54. The summed E-state index contributed by atoms with van der Waals surface area (Å²) >= 11 is 1.36. The minimum Gasteiger partial charge on any atom is -0.465 e. The van der Waals surface area contributed by atoms with E-state index in [0.717, 1.165) is 23.3 Å². The Hall–Kier alpha value is -2.80. The van der Waals surface area contributed by atoms with Crippen LogP contribution in [-0.4, -0.2) is 36.7 Å². The third-order valence-electron chi connectivity index (χ3n) is 4.26. The zero-order chi connectivity index (χ0) is 19.9. The number of rotatable bonds is 8. The summed E-state index contributed by atoms with van der Waals surface area (Å²) in [5.74, 6) is -0.320. The van der Waals surface area contributed by atoms with E-state index in [1.807, 2.05) is 12.1 Å². The highest BCUT2D eigenvalue weighted by molar-refractivity contribution is 8.00. The number of ether oxygens (including phenoxy) is 1. The van der Waals surface area contributed by atoms with Gasteiger partial charge in [0.05, 0.1) is 24.0 Å². The van der Waals surface area contributed by atoms with Gasteiger partial charge in [0, 0.05) is 17.5 Å². The van der Waals surface area contributed by atoms with E-state index in [2.05, 4.69) is 15.4 Å². The van der Waals surface area contributed by atoms with E-state index in [1.165, 1.54) is 18.9 Å². The summed E-state index contributed by atoms with van der Waals surface area (Å²) in [5, 5.41) is 5.82. The second kappa shape index (κ2) is 9.41. The van der Waals surface area contributed by atoms with E-state index in [-0.39, 0.29) is 17.6 Å². The smallest absolute Gasteiger partial charge is 0.337 e. The largest absolute Gasteiger partial charge is 0.465 e. The fourth-order valence-electron chi connectivity index (χ4n) is 2.57. The number of amides is 2. The summed E-state index contributed by atoms with van der Waals surface area (Å²) in [6.07, 6.45) is 2.10. The van der Waals surface area contributed by atoms with Gasteiger partial charge in [-0.3, -0.25) is 9.59 Å². The van der Waals surface area contributed by atoms with Crippen LogP contribution in [0.3, 0.4) is 0 Å². The molecular formula is C21H22N2O4S. The molecule has 0 aromatic heterocycles. The Balaban J connectivity index is 1.56. The number of nitrogens with one attached hydrogen (secondary N) is 2. The summed E-state index contributed by atoms with van der Waals surface area (Å²) in [6.45, 7) is 0.335. The monoisotopic (exact) mass is 398 g/mol. The molecule has 1 fully saturated rings. The summed E-state index contributed by atoms with van der Waals surface area (Å²) in [4.78, 5) is 36.7. The Morgan fingerprint density at radius 2 is 1.79 bits per heavy atom. The van der Waals surface area contributed by atoms with Gasteiger partial charge in [-0.2, -0.15) is 0 Å². The van der Waals surface area contributed by atoms with Crippen molar-refractivity contribution in [3.8, 4) is 0 Å². The van der Waals surface area contributed by atoms with Gasteiger partial charge in [-0.1, -0.05) is 24.3 Å². The molecule has 2 aromatic rings. The molecule has 1 aliphatic rings. The molecule has 1 aliphatic carbocycles. The predicted octanol–water partition coefficient (Wildman–Crippen LogP) is 2.77. The van der Waals surface area contributed by atoms with Crippen molar-refractivity contribution in [2.45, 2.75) is 30.3 Å². The third-order valence-corrected chi connectivity index (χ3v) is 5.33. The standard InChI is InChI=1S/C21H22N2O4S/c1-27-21(26)15-8-6-14(7-9-15)12-22-20(25)17-4-2-3-5-18(17)28-13-19(24)23-16-10-11-16/h2-9,16H,10-13H2,1H3,(H,22,25)(H,23,24). The Kier molecular flexibility index (Phi) is 6.71. The van der Waals surface area contributed by atoms with Gasteiger partial charge in [0.25, 0.3) is 5.91 Å². The number of hydrogen-bond donors (Lipinski definition) is 2. The molecule has 1 saturated carbocycles. The number of hydrogen-bond acceptors (Lipinski definition) is 5. The van der Waals surface area contributed by atoms with Crippen LogP contribution in [-0.2, 0) is 16.1 Å². The van der Waals surface area contributed by atoms with Crippen LogP contribution >= 0.6 is 11.8 Å². The third kappa shape index (κ3) is 5.60. The van der Waals surface area contributed by atoms with Gasteiger partial charge >= 0.3 is 5.97 Å². The van der Waals surface area contributed by atoms with E-state index in [0.29, 0.717) is 23.7 Å². The van der Waals surface area contributed by atoms with Gasteiger partial charge in [0.1, 0.15) is 0 Å². The maximum Gasteiger partial charge on any atom is 0.337 e. The minimum absolute atomic E-state index is 0.00610. The highest BCUT2D eigenvalue weighted by atomic mass is 32.2. The Labute approximate surface area is 168 Å². The molecule has 0 aliphatic heterocycles. The zero-order valence-electron chi connectivity index (χ0n) is 15.6. The normalized spacial score (nSPS) is 12.9. The molecule has 2 aromatic carbocycles. The molecule has 0 spiro atoms. The molecule has 146 valence electrons. The fourth-order valence-corrected chi connectivity index (χ4v) is 3.44. The molecule has 28 heavy (non-hydrogen) atoms. The van der Waals surface area contributed by atoms with Crippen molar-refractivity contribution in [2.24, 2.45) is 0 Å². The quantitative estimate of drug-likeness (QED) is 0.528. The van der Waals surface area contributed by atoms with Crippen molar-refractivity contribution in [3.05, 3.63) is 65.2 Å². The second-order valence-electron chi connectivity index (χ2n) is 6.50. The van der Waals surface area contributed by atoms with Crippen LogP contribution < -0.4 is 10.6 Å². The summed E-state index contributed by atoms with van der Waals surface area (Å²) < 4.78 is 4.67. The van der Waals surface area contributed by atoms with E-state index >= 15 is 0 Å². The lowest BCUT2D eigenvalue weighted by Crippen LogP contribution is -2.27. The first-order valence-electron chi connectivity index (χ1n) is 9.03. The van der Waals surface area contributed by atoms with Gasteiger partial charge in [-0.05, 0) is 42.7 Å². The van der Waals surface area contributed by atoms with Gasteiger partial charge in [-0.25, -0.2) is 4.79 Å². The lowest BCUT2D eigenvalue weighted by Gasteiger charge is -2.10. The predicted molar refractivity (Wildman–Crippen MR) is 107 cm³/mol. The molecule has 0 atom stereocenters. The van der Waals surface area contributed by atoms with Gasteiger partial charge in [-0.15, -0.1) is 11.8 Å². The number of benzene rings is 2. The molecule has 2 N–H and O–H groups in total. The van der Waals surface area contributed by atoms with Crippen LogP contribution in [0.15, 0.2) is 53.4 Å². The van der Waals surface area contributed by atoms with Crippen LogP contribution in [0.25, 0.3) is 0 Å². The maximum atomic E-state index is 12.6. The Bertz CT molecular complexity index is 863. The maximum absolute atomic E-state index is 12.6. The molecule has 0 heterocycles. The highest BCUT2D eigenvalue weighted by Gasteiger charge is 2.23. The highest BCUT2D eigenvalue weighted by Crippen LogP contribution is 2.24. The number of carbonyl (C=O) groups is 3. The summed E-state index contributed by atoms with van der Waals surface area (Å²) in [6, 6.07) is 14.4. The molecule has 6 nitrogen and oxygen atoms in total. The first kappa shape index (κ1) is 19.9. The van der Waals surface area contributed by atoms with Crippen LogP contribution in [0.5, 0.6) is 0 Å². The topological polar surface area (TPSA) is 84.5 Å². The molecule has 0 radical (unpaired) electrons. The zero-order valence-corrected chi connectivity index (χ0v) is 16.4. The van der Waals surface area contributed by atoms with Crippen LogP contribution in [0.2, 0.25) is 0 Å². The van der Waals surface area contributed by atoms with Crippen molar-refractivity contribution in [3.63, 3.8) is 0 Å².